The maximum absolute atomic E-state index is 13.4. The number of carbonyl (C=O) groups is 1. The minimum Gasteiger partial charge on any atom is -0.464 e. The predicted molar refractivity (Wildman–Crippen MR) is 119 cm³/mol. The zero-order valence-electron chi connectivity index (χ0n) is 17.6. The zero-order valence-corrected chi connectivity index (χ0v) is 18.3. The first kappa shape index (κ1) is 22.7. The number of carbonyl (C=O) groups excluding carboxylic acids is 1. The van der Waals surface area contributed by atoms with Crippen LogP contribution < -0.4 is 4.74 Å². The van der Waals surface area contributed by atoms with Crippen molar-refractivity contribution in [3.05, 3.63) is 86.9 Å². The Kier molecular flexibility index (Phi) is 6.85. The molecule has 0 radical (unpaired) electrons. The second kappa shape index (κ2) is 9.97. The lowest BCUT2D eigenvalue weighted by Crippen LogP contribution is -2.48. The molecule has 2 heterocycles. The summed E-state index contributed by atoms with van der Waals surface area (Å²) >= 11 is 6.24. The van der Waals surface area contributed by atoms with Gasteiger partial charge in [-0.05, 0) is 23.8 Å². The van der Waals surface area contributed by atoms with Crippen molar-refractivity contribution in [1.29, 1.82) is 0 Å². The van der Waals surface area contributed by atoms with E-state index in [1.165, 1.54) is 10.9 Å². The molecule has 33 heavy (non-hydrogen) atoms. The molecule has 0 unspecified atom stereocenters. The van der Waals surface area contributed by atoms with E-state index in [1.807, 2.05) is 24.3 Å². The fourth-order valence-electron chi connectivity index (χ4n) is 3.58. The van der Waals surface area contributed by atoms with Gasteiger partial charge in [-0.3, -0.25) is 19.8 Å². The highest BCUT2D eigenvalue weighted by molar-refractivity contribution is 6.31. The van der Waals surface area contributed by atoms with Crippen LogP contribution in [0, 0.1) is 15.9 Å². The molecular formula is C22H21ClFN5O4. The van der Waals surface area contributed by atoms with Crippen molar-refractivity contribution in [2.24, 2.45) is 0 Å². The van der Waals surface area contributed by atoms with E-state index in [1.54, 1.807) is 11.0 Å². The molecule has 0 bridgehead atoms. The van der Waals surface area contributed by atoms with Gasteiger partial charge in [-0.1, -0.05) is 29.8 Å². The molecule has 2 aromatic carbocycles. The molecule has 0 aliphatic carbocycles. The Morgan fingerprint density at radius 1 is 1.15 bits per heavy atom. The van der Waals surface area contributed by atoms with Crippen molar-refractivity contribution in [2.75, 3.05) is 26.2 Å². The topological polar surface area (TPSA) is 93.7 Å². The highest BCUT2D eigenvalue weighted by Gasteiger charge is 2.24. The van der Waals surface area contributed by atoms with Crippen LogP contribution in [0.15, 0.2) is 54.7 Å². The maximum atomic E-state index is 13.4. The van der Waals surface area contributed by atoms with Crippen LogP contribution in [0.5, 0.6) is 5.75 Å². The number of ether oxygens (including phenoxy) is 1. The van der Waals surface area contributed by atoms with Crippen LogP contribution in [0.25, 0.3) is 0 Å². The van der Waals surface area contributed by atoms with E-state index < -0.39 is 10.7 Å². The normalized spacial score (nSPS) is 14.3. The Labute approximate surface area is 194 Å². The van der Waals surface area contributed by atoms with Gasteiger partial charge in [-0.15, -0.1) is 0 Å². The van der Waals surface area contributed by atoms with E-state index >= 15 is 0 Å². The number of nitro benzene ring substituents is 1. The number of halogens is 2. The average molecular weight is 474 g/mol. The Balaban J connectivity index is 1.32. The van der Waals surface area contributed by atoms with Crippen LogP contribution in [0.3, 0.4) is 0 Å². The van der Waals surface area contributed by atoms with Gasteiger partial charge in [0.1, 0.15) is 5.82 Å². The third kappa shape index (κ3) is 5.47. The van der Waals surface area contributed by atoms with E-state index in [-0.39, 0.29) is 29.8 Å². The van der Waals surface area contributed by atoms with Gasteiger partial charge in [0, 0.05) is 56.1 Å². The maximum Gasteiger partial charge on any atom is 0.311 e. The summed E-state index contributed by atoms with van der Waals surface area (Å²) in [7, 11) is 0. The van der Waals surface area contributed by atoms with Gasteiger partial charge in [0.25, 0.3) is 5.91 Å². The quantitative estimate of drug-likeness (QED) is 0.384. The smallest absolute Gasteiger partial charge is 0.311 e. The monoisotopic (exact) mass is 473 g/mol. The standard InChI is InChI=1S/C22H21ClFN5O4/c23-18-4-2-1-3-16(18)14-26-9-11-27(12-10-26)22(30)19-7-8-28(25-19)15-33-21-13-17(24)5-6-20(21)29(31)32/h1-8,13H,9-12,14-15H2. The van der Waals surface area contributed by atoms with Crippen molar-refractivity contribution in [3.63, 3.8) is 0 Å². The van der Waals surface area contributed by atoms with E-state index in [4.69, 9.17) is 16.3 Å². The van der Waals surface area contributed by atoms with E-state index in [2.05, 4.69) is 10.00 Å². The Morgan fingerprint density at radius 2 is 1.91 bits per heavy atom. The molecule has 0 atom stereocenters. The van der Waals surface area contributed by atoms with Gasteiger partial charge >= 0.3 is 5.69 Å². The summed E-state index contributed by atoms with van der Waals surface area (Å²) in [6.07, 6.45) is 1.53. The molecule has 4 rings (SSSR count). The Hall–Kier alpha value is -3.50. The first-order chi connectivity index (χ1) is 15.9. The largest absolute Gasteiger partial charge is 0.464 e. The molecule has 0 N–H and O–H groups in total. The highest BCUT2D eigenvalue weighted by atomic mass is 35.5. The molecule has 0 saturated carbocycles. The first-order valence-corrected chi connectivity index (χ1v) is 10.6. The van der Waals surface area contributed by atoms with Crippen LogP contribution in [-0.2, 0) is 13.3 Å². The highest BCUT2D eigenvalue weighted by Crippen LogP contribution is 2.27. The van der Waals surface area contributed by atoms with Crippen molar-refractivity contribution in [1.82, 2.24) is 19.6 Å². The van der Waals surface area contributed by atoms with Gasteiger partial charge in [0.05, 0.1) is 4.92 Å². The minimum atomic E-state index is -0.655. The number of amides is 1. The van der Waals surface area contributed by atoms with Crippen molar-refractivity contribution >= 4 is 23.2 Å². The van der Waals surface area contributed by atoms with Gasteiger partial charge in [0.2, 0.25) is 5.75 Å². The number of hydrogen-bond acceptors (Lipinski definition) is 6. The number of aromatic nitrogens is 2. The predicted octanol–water partition coefficient (Wildman–Crippen LogP) is 3.58. The number of rotatable bonds is 7. The number of piperazine rings is 1. The number of nitrogens with zero attached hydrogens (tertiary/aromatic N) is 5. The van der Waals surface area contributed by atoms with Crippen LogP contribution >= 0.6 is 11.6 Å². The molecule has 1 aliphatic rings. The van der Waals surface area contributed by atoms with Gasteiger partial charge in [-0.2, -0.15) is 5.10 Å². The van der Waals surface area contributed by atoms with Crippen molar-refractivity contribution in [3.8, 4) is 5.75 Å². The lowest BCUT2D eigenvalue weighted by Gasteiger charge is -2.34. The van der Waals surface area contributed by atoms with Crippen LogP contribution in [0.1, 0.15) is 16.1 Å². The summed E-state index contributed by atoms with van der Waals surface area (Å²) in [6.45, 7) is 3.06. The van der Waals surface area contributed by atoms with E-state index in [0.717, 1.165) is 35.3 Å². The van der Waals surface area contributed by atoms with Gasteiger partial charge in [0.15, 0.2) is 12.4 Å². The number of benzene rings is 2. The SMILES string of the molecule is O=C(c1ccn(COc2cc(F)ccc2[N+](=O)[O-])n1)N1CCN(Cc2ccccc2Cl)CC1. The summed E-state index contributed by atoms with van der Waals surface area (Å²) in [4.78, 5) is 27.2. The molecule has 11 heteroatoms. The van der Waals surface area contributed by atoms with Crippen LogP contribution in [-0.4, -0.2) is 56.6 Å². The van der Waals surface area contributed by atoms with Crippen LogP contribution in [0.2, 0.25) is 5.02 Å². The minimum absolute atomic E-state index is 0.205. The summed E-state index contributed by atoms with van der Waals surface area (Å²) in [5.74, 6) is -1.07. The third-order valence-electron chi connectivity index (χ3n) is 5.34. The fourth-order valence-corrected chi connectivity index (χ4v) is 3.77. The van der Waals surface area contributed by atoms with Crippen LogP contribution in [0.4, 0.5) is 10.1 Å². The van der Waals surface area contributed by atoms with Crippen molar-refractivity contribution < 1.29 is 18.8 Å². The molecule has 1 saturated heterocycles. The van der Waals surface area contributed by atoms with Gasteiger partial charge < -0.3 is 9.64 Å². The number of hydrogen-bond donors (Lipinski definition) is 0. The Morgan fingerprint density at radius 3 is 2.64 bits per heavy atom. The lowest BCUT2D eigenvalue weighted by atomic mass is 10.2. The molecule has 172 valence electrons. The third-order valence-corrected chi connectivity index (χ3v) is 5.71. The average Bonchev–Trinajstić information content (AvgIpc) is 3.28. The molecule has 1 amide bonds. The second-order valence-electron chi connectivity index (χ2n) is 7.54. The Bertz CT molecular complexity index is 1160. The van der Waals surface area contributed by atoms with Crippen molar-refractivity contribution in [2.45, 2.75) is 13.3 Å². The molecule has 3 aromatic rings. The van der Waals surface area contributed by atoms with E-state index in [0.29, 0.717) is 26.2 Å². The molecule has 1 aromatic heterocycles. The molecule has 1 aliphatic heterocycles. The molecule has 0 spiro atoms. The summed E-state index contributed by atoms with van der Waals surface area (Å²) < 4.78 is 20.1. The second-order valence-corrected chi connectivity index (χ2v) is 7.95. The summed E-state index contributed by atoms with van der Waals surface area (Å²) in [5.41, 5.74) is 0.942. The molecule has 9 nitrogen and oxygen atoms in total. The first-order valence-electron chi connectivity index (χ1n) is 10.3. The van der Waals surface area contributed by atoms with Gasteiger partial charge in [-0.25, -0.2) is 9.07 Å². The fraction of sp³-hybridized carbons (Fsp3) is 0.273. The summed E-state index contributed by atoms with van der Waals surface area (Å²) in [6, 6.07) is 12.2. The lowest BCUT2D eigenvalue weighted by molar-refractivity contribution is -0.386. The molecule has 1 fully saturated rings. The van der Waals surface area contributed by atoms with E-state index in [9.17, 15) is 19.3 Å². The number of nitro groups is 1. The summed E-state index contributed by atoms with van der Waals surface area (Å²) in [5, 5.41) is 16.0. The zero-order chi connectivity index (χ0) is 23.4. The molecular weight excluding hydrogens is 453 g/mol.